The number of Topliss-reactive ketones (excluding diaryl/α,β-unsaturated/α-hetero) is 1. The molecule has 9 atom stereocenters. The zero-order valence-electron chi connectivity index (χ0n) is 18.3. The monoisotopic (exact) mass is 399 g/mol. The fraction of sp³-hybridized carbons (Fsp3) is 0.875. The van der Waals surface area contributed by atoms with Crippen molar-refractivity contribution in [3.8, 4) is 0 Å². The first kappa shape index (κ1) is 19.7. The van der Waals surface area contributed by atoms with Crippen LogP contribution < -0.4 is 0 Å². The largest absolute Gasteiger partial charge is 0.390 e. The fourth-order valence-electron chi connectivity index (χ4n) is 8.36. The van der Waals surface area contributed by atoms with Gasteiger partial charge in [-0.05, 0) is 99.2 Å². The summed E-state index contributed by atoms with van der Waals surface area (Å²) in [4.78, 5) is 13.2. The van der Waals surface area contributed by atoms with E-state index in [2.05, 4.69) is 31.1 Å². The third-order valence-electron chi connectivity index (χ3n) is 10.1. The molecule has 1 aromatic heterocycles. The van der Waals surface area contributed by atoms with Crippen LogP contribution in [-0.4, -0.2) is 31.5 Å². The van der Waals surface area contributed by atoms with Crippen LogP contribution in [0.1, 0.15) is 72.1 Å². The van der Waals surface area contributed by atoms with Gasteiger partial charge in [0.15, 0.2) is 5.78 Å². The maximum atomic E-state index is 13.2. The van der Waals surface area contributed by atoms with Gasteiger partial charge in [-0.1, -0.05) is 19.1 Å². The highest BCUT2D eigenvalue weighted by atomic mass is 16.3. The van der Waals surface area contributed by atoms with E-state index in [0.717, 1.165) is 30.6 Å². The first-order chi connectivity index (χ1) is 13.8. The predicted octanol–water partition coefficient (Wildman–Crippen LogP) is 4.11. The minimum Gasteiger partial charge on any atom is -0.390 e. The summed E-state index contributed by atoms with van der Waals surface area (Å²) >= 11 is 0. The lowest BCUT2D eigenvalue weighted by Crippen LogP contribution is -2.53. The van der Waals surface area contributed by atoms with E-state index in [0.29, 0.717) is 30.1 Å². The maximum absolute atomic E-state index is 13.2. The minimum atomic E-state index is -0.483. The Kier molecular flexibility index (Phi) is 4.69. The van der Waals surface area contributed by atoms with Crippen molar-refractivity contribution in [2.24, 2.45) is 46.8 Å². The lowest BCUT2D eigenvalue weighted by molar-refractivity contribution is -0.137. The average molecular weight is 400 g/mol. The number of ketones is 1. The molecule has 160 valence electrons. The van der Waals surface area contributed by atoms with Crippen LogP contribution in [0.2, 0.25) is 0 Å². The van der Waals surface area contributed by atoms with Crippen molar-refractivity contribution in [1.29, 1.82) is 0 Å². The van der Waals surface area contributed by atoms with Gasteiger partial charge >= 0.3 is 0 Å². The summed E-state index contributed by atoms with van der Waals surface area (Å²) in [6, 6.07) is 0. The third-order valence-corrected chi connectivity index (χ3v) is 10.1. The molecular weight excluding hydrogens is 362 g/mol. The van der Waals surface area contributed by atoms with Gasteiger partial charge in [0, 0.05) is 12.1 Å². The van der Waals surface area contributed by atoms with E-state index in [9.17, 15) is 9.90 Å². The van der Waals surface area contributed by atoms with E-state index in [1.807, 2.05) is 0 Å². The average Bonchev–Trinajstić information content (AvgIpc) is 3.29. The van der Waals surface area contributed by atoms with E-state index < -0.39 is 5.60 Å². The fourth-order valence-corrected chi connectivity index (χ4v) is 8.36. The number of aliphatic hydroxyl groups is 1. The Hall–Kier alpha value is -1.23. The number of carbonyl (C=O) groups excluding carboxylic acids is 1. The zero-order valence-corrected chi connectivity index (χ0v) is 18.3. The number of rotatable bonds is 3. The van der Waals surface area contributed by atoms with E-state index in [1.54, 1.807) is 17.1 Å². The zero-order chi connectivity index (χ0) is 20.4. The summed E-state index contributed by atoms with van der Waals surface area (Å²) in [6.45, 7) is 7.10. The molecule has 0 aliphatic heterocycles. The number of fused-ring (bicyclic) bond motifs is 5. The van der Waals surface area contributed by atoms with E-state index in [-0.39, 0.29) is 11.3 Å². The molecule has 4 aliphatic carbocycles. The van der Waals surface area contributed by atoms with Crippen molar-refractivity contribution >= 4 is 5.78 Å². The summed E-state index contributed by atoms with van der Waals surface area (Å²) in [5.74, 6) is 4.73. The molecule has 29 heavy (non-hydrogen) atoms. The van der Waals surface area contributed by atoms with Crippen LogP contribution in [0.4, 0.5) is 0 Å². The predicted molar refractivity (Wildman–Crippen MR) is 111 cm³/mol. The smallest absolute Gasteiger partial charge is 0.157 e. The van der Waals surface area contributed by atoms with Gasteiger partial charge in [-0.15, -0.1) is 5.10 Å². The number of hydrogen-bond acceptors (Lipinski definition) is 4. The number of aromatic nitrogens is 3. The van der Waals surface area contributed by atoms with E-state index in [1.165, 1.54) is 38.5 Å². The molecule has 4 fully saturated rings. The normalized spacial score (nSPS) is 49.2. The molecule has 5 rings (SSSR count). The molecule has 0 unspecified atom stereocenters. The van der Waals surface area contributed by atoms with Gasteiger partial charge in [0.2, 0.25) is 0 Å². The molecule has 1 aromatic rings. The minimum absolute atomic E-state index is 0.164. The highest BCUT2D eigenvalue weighted by Crippen LogP contribution is 2.65. The topological polar surface area (TPSA) is 68.0 Å². The van der Waals surface area contributed by atoms with Crippen LogP contribution >= 0.6 is 0 Å². The highest BCUT2D eigenvalue weighted by molar-refractivity contribution is 5.82. The van der Waals surface area contributed by atoms with Crippen molar-refractivity contribution in [2.45, 2.75) is 84.3 Å². The molecule has 4 aliphatic rings. The Morgan fingerprint density at radius 3 is 2.72 bits per heavy atom. The van der Waals surface area contributed by atoms with Gasteiger partial charge in [-0.3, -0.25) is 4.79 Å². The van der Waals surface area contributed by atoms with Crippen LogP contribution in [0.15, 0.2) is 12.4 Å². The Balaban J connectivity index is 1.33. The molecule has 5 heteroatoms. The Morgan fingerprint density at radius 1 is 1.14 bits per heavy atom. The quantitative estimate of drug-likeness (QED) is 0.830. The van der Waals surface area contributed by atoms with Crippen LogP contribution in [0, 0.1) is 46.8 Å². The molecule has 0 bridgehead atoms. The summed E-state index contributed by atoms with van der Waals surface area (Å²) in [6.07, 6.45) is 13.0. The molecule has 0 radical (unpaired) electrons. The lowest BCUT2D eigenvalue weighted by Gasteiger charge is -2.58. The molecule has 0 amide bonds. The van der Waals surface area contributed by atoms with Crippen molar-refractivity contribution in [3.05, 3.63) is 12.4 Å². The highest BCUT2D eigenvalue weighted by Gasteiger charge is 2.59. The molecule has 1 heterocycles. The maximum Gasteiger partial charge on any atom is 0.157 e. The summed E-state index contributed by atoms with van der Waals surface area (Å²) in [5, 5.41) is 18.7. The number of nitrogens with zero attached hydrogens (tertiary/aromatic N) is 3. The first-order valence-electron chi connectivity index (χ1n) is 11.9. The lowest BCUT2D eigenvalue weighted by atomic mass is 9.48. The summed E-state index contributed by atoms with van der Waals surface area (Å²) in [5.41, 5.74) is -0.319. The SMILES string of the molecule is C[C@@H]1C[C@H]2[C@@H](CC[C@@H]3[C@@H]2CC[C@]2(C)[C@@H](C(=O)Cn4ccnn4)CC[C@@H]32)C[C@]1(C)O. The van der Waals surface area contributed by atoms with Gasteiger partial charge < -0.3 is 5.11 Å². The van der Waals surface area contributed by atoms with Gasteiger partial charge in [-0.25, -0.2) is 4.68 Å². The van der Waals surface area contributed by atoms with Crippen molar-refractivity contribution in [3.63, 3.8) is 0 Å². The van der Waals surface area contributed by atoms with Crippen LogP contribution in [0.5, 0.6) is 0 Å². The Bertz CT molecular complexity index is 760. The number of hydrogen-bond donors (Lipinski definition) is 1. The second-order valence-electron chi connectivity index (χ2n) is 11.4. The Labute approximate surface area is 174 Å². The second kappa shape index (κ2) is 6.90. The summed E-state index contributed by atoms with van der Waals surface area (Å²) < 4.78 is 1.69. The molecule has 4 saturated carbocycles. The molecule has 1 N–H and O–H groups in total. The number of carbonyl (C=O) groups is 1. The summed E-state index contributed by atoms with van der Waals surface area (Å²) in [7, 11) is 0. The van der Waals surface area contributed by atoms with Crippen LogP contribution in [0.25, 0.3) is 0 Å². The van der Waals surface area contributed by atoms with Crippen molar-refractivity contribution in [1.82, 2.24) is 15.0 Å². The standard InChI is InChI=1S/C24H37N3O2/c1-15-12-19-16(13-24(15,3)29)4-5-18-17(19)8-9-23(2)20(18)6-7-21(23)22(28)14-27-11-10-25-26-27/h10-11,15-21,29H,4-9,12-14H2,1-3H3/t15-,16+,17+,18-,19+,20+,21-,23+,24+/m1/s1. The van der Waals surface area contributed by atoms with Gasteiger partial charge in [-0.2, -0.15) is 0 Å². The van der Waals surface area contributed by atoms with Gasteiger partial charge in [0.05, 0.1) is 11.8 Å². The van der Waals surface area contributed by atoms with Crippen molar-refractivity contribution in [2.75, 3.05) is 0 Å². The first-order valence-corrected chi connectivity index (χ1v) is 11.9. The van der Waals surface area contributed by atoms with Crippen molar-refractivity contribution < 1.29 is 9.90 Å². The Morgan fingerprint density at radius 2 is 1.97 bits per heavy atom. The molecule has 5 nitrogen and oxygen atoms in total. The van der Waals surface area contributed by atoms with E-state index in [4.69, 9.17) is 0 Å². The molecule has 0 spiro atoms. The van der Waals surface area contributed by atoms with Crippen LogP contribution in [0.3, 0.4) is 0 Å². The molecule has 0 aromatic carbocycles. The molecular formula is C24H37N3O2. The molecule has 0 saturated heterocycles. The van der Waals surface area contributed by atoms with Gasteiger partial charge in [0.1, 0.15) is 6.54 Å². The van der Waals surface area contributed by atoms with Crippen LogP contribution in [-0.2, 0) is 11.3 Å². The second-order valence-corrected chi connectivity index (χ2v) is 11.4. The van der Waals surface area contributed by atoms with Gasteiger partial charge in [0.25, 0.3) is 0 Å². The van der Waals surface area contributed by atoms with E-state index >= 15 is 0 Å². The third kappa shape index (κ3) is 3.10.